The molecule has 0 unspecified atom stereocenters. The number of imidazole rings is 1. The Kier molecular flexibility index (Phi) is 3.77. The van der Waals surface area contributed by atoms with Gasteiger partial charge in [0.1, 0.15) is 5.75 Å². The first kappa shape index (κ1) is 12.4. The number of methoxy groups -OCH3 is 1. The lowest BCUT2D eigenvalue weighted by atomic mass is 10.1. The second kappa shape index (κ2) is 5.49. The van der Waals surface area contributed by atoms with E-state index in [1.165, 1.54) is 0 Å². The minimum atomic E-state index is 0.0232. The first-order valence-corrected chi connectivity index (χ1v) is 5.92. The molecule has 0 aliphatic rings. The number of aryl methyl sites for hydroxylation is 1. The second-order valence-electron chi connectivity index (χ2n) is 3.99. The highest BCUT2D eigenvalue weighted by atomic mass is 16.5. The van der Waals surface area contributed by atoms with E-state index in [4.69, 9.17) is 4.74 Å². The van der Waals surface area contributed by atoms with Gasteiger partial charge in [0.25, 0.3) is 0 Å². The molecule has 1 heterocycles. The van der Waals surface area contributed by atoms with Crippen molar-refractivity contribution in [3.63, 3.8) is 0 Å². The summed E-state index contributed by atoms with van der Waals surface area (Å²) < 4.78 is 6.99. The first-order chi connectivity index (χ1) is 8.74. The molecular weight excluding hydrogens is 228 g/mol. The van der Waals surface area contributed by atoms with Crippen LogP contribution >= 0.6 is 0 Å². The molecule has 2 rings (SSSR count). The molecular formula is C14H16N2O2. The number of rotatable bonds is 5. The number of hydrogen-bond donors (Lipinski definition) is 0. The van der Waals surface area contributed by atoms with E-state index in [1.54, 1.807) is 13.3 Å². The summed E-state index contributed by atoms with van der Waals surface area (Å²) >= 11 is 0. The third-order valence-electron chi connectivity index (χ3n) is 2.80. The van der Waals surface area contributed by atoms with Crippen molar-refractivity contribution in [3.8, 4) is 5.75 Å². The standard InChI is InChI=1S/C14H16N2O2/c1-3-16-8-7-15-14(16)13(17)10-11-5-4-6-12(9-11)18-2/h4-9H,3,10H2,1-2H3. The van der Waals surface area contributed by atoms with Gasteiger partial charge in [-0.15, -0.1) is 0 Å². The van der Waals surface area contributed by atoms with Gasteiger partial charge in [0.2, 0.25) is 5.78 Å². The van der Waals surface area contributed by atoms with Crippen LogP contribution in [-0.2, 0) is 13.0 Å². The fraction of sp³-hybridized carbons (Fsp3) is 0.286. The molecule has 4 nitrogen and oxygen atoms in total. The Morgan fingerprint density at radius 2 is 2.28 bits per heavy atom. The van der Waals surface area contributed by atoms with Crippen LogP contribution in [0.25, 0.3) is 0 Å². The maximum Gasteiger partial charge on any atom is 0.202 e. The van der Waals surface area contributed by atoms with Gasteiger partial charge in [-0.1, -0.05) is 12.1 Å². The molecule has 0 amide bonds. The van der Waals surface area contributed by atoms with Crippen LogP contribution in [0, 0.1) is 0 Å². The van der Waals surface area contributed by atoms with Crippen molar-refractivity contribution in [2.45, 2.75) is 19.9 Å². The summed E-state index contributed by atoms with van der Waals surface area (Å²) in [5.74, 6) is 1.30. The zero-order valence-electron chi connectivity index (χ0n) is 10.6. The number of aromatic nitrogens is 2. The van der Waals surface area contributed by atoms with Crippen molar-refractivity contribution >= 4 is 5.78 Å². The van der Waals surface area contributed by atoms with Gasteiger partial charge in [-0.3, -0.25) is 4.79 Å². The molecule has 0 radical (unpaired) electrons. The van der Waals surface area contributed by atoms with Gasteiger partial charge >= 0.3 is 0 Å². The van der Waals surface area contributed by atoms with Crippen LogP contribution in [0.15, 0.2) is 36.7 Å². The van der Waals surface area contributed by atoms with Crippen LogP contribution in [0.4, 0.5) is 0 Å². The van der Waals surface area contributed by atoms with E-state index in [0.29, 0.717) is 12.2 Å². The zero-order valence-corrected chi connectivity index (χ0v) is 10.6. The Morgan fingerprint density at radius 3 is 3.00 bits per heavy atom. The van der Waals surface area contributed by atoms with E-state index in [-0.39, 0.29) is 5.78 Å². The van der Waals surface area contributed by atoms with Crippen molar-refractivity contribution in [1.82, 2.24) is 9.55 Å². The summed E-state index contributed by atoms with van der Waals surface area (Å²) in [5, 5.41) is 0. The van der Waals surface area contributed by atoms with Crippen LogP contribution < -0.4 is 4.74 Å². The third-order valence-corrected chi connectivity index (χ3v) is 2.80. The number of carbonyl (C=O) groups excluding carboxylic acids is 1. The maximum absolute atomic E-state index is 12.1. The molecule has 0 N–H and O–H groups in total. The van der Waals surface area contributed by atoms with Gasteiger partial charge < -0.3 is 9.30 Å². The first-order valence-electron chi connectivity index (χ1n) is 5.92. The number of hydrogen-bond acceptors (Lipinski definition) is 3. The van der Waals surface area contributed by atoms with Crippen LogP contribution in [0.5, 0.6) is 5.75 Å². The average Bonchev–Trinajstić information content (AvgIpc) is 2.87. The molecule has 0 bridgehead atoms. The molecule has 2 aromatic rings. The number of carbonyl (C=O) groups is 1. The van der Waals surface area contributed by atoms with E-state index >= 15 is 0 Å². The van der Waals surface area contributed by atoms with E-state index in [0.717, 1.165) is 17.9 Å². The minimum absolute atomic E-state index is 0.0232. The van der Waals surface area contributed by atoms with Gasteiger partial charge in [0.15, 0.2) is 5.82 Å². The Hall–Kier alpha value is -2.10. The number of ether oxygens (including phenoxy) is 1. The Labute approximate surface area is 106 Å². The molecule has 18 heavy (non-hydrogen) atoms. The fourth-order valence-electron chi connectivity index (χ4n) is 1.86. The van der Waals surface area contributed by atoms with Crippen molar-refractivity contribution in [2.24, 2.45) is 0 Å². The van der Waals surface area contributed by atoms with Crippen LogP contribution in [0.3, 0.4) is 0 Å². The number of nitrogens with zero attached hydrogens (tertiary/aromatic N) is 2. The SMILES string of the molecule is CCn1ccnc1C(=O)Cc1cccc(OC)c1. The summed E-state index contributed by atoms with van der Waals surface area (Å²) in [6.07, 6.45) is 3.81. The normalized spacial score (nSPS) is 10.3. The molecule has 0 saturated heterocycles. The van der Waals surface area contributed by atoms with Crippen molar-refractivity contribution in [1.29, 1.82) is 0 Å². The number of ketones is 1. The molecule has 0 saturated carbocycles. The molecule has 0 aliphatic heterocycles. The van der Waals surface area contributed by atoms with Crippen molar-refractivity contribution in [2.75, 3.05) is 7.11 Å². The van der Waals surface area contributed by atoms with E-state index in [1.807, 2.05) is 42.0 Å². The predicted molar refractivity (Wildman–Crippen MR) is 68.9 cm³/mol. The predicted octanol–water partition coefficient (Wildman–Crippen LogP) is 2.34. The van der Waals surface area contributed by atoms with Crippen molar-refractivity contribution < 1.29 is 9.53 Å². The highest BCUT2D eigenvalue weighted by Gasteiger charge is 2.12. The van der Waals surface area contributed by atoms with E-state index in [2.05, 4.69) is 4.98 Å². The Morgan fingerprint density at radius 1 is 1.44 bits per heavy atom. The lowest BCUT2D eigenvalue weighted by molar-refractivity contribution is 0.0979. The zero-order chi connectivity index (χ0) is 13.0. The summed E-state index contributed by atoms with van der Waals surface area (Å²) in [7, 11) is 1.62. The summed E-state index contributed by atoms with van der Waals surface area (Å²) in [5.41, 5.74) is 0.935. The molecule has 1 aromatic heterocycles. The van der Waals surface area contributed by atoms with E-state index < -0.39 is 0 Å². The Bertz CT molecular complexity index is 546. The highest BCUT2D eigenvalue weighted by Crippen LogP contribution is 2.14. The lowest BCUT2D eigenvalue weighted by Crippen LogP contribution is -2.11. The van der Waals surface area contributed by atoms with Gasteiger partial charge in [0.05, 0.1) is 7.11 Å². The monoisotopic (exact) mass is 244 g/mol. The molecule has 0 fully saturated rings. The summed E-state index contributed by atoms with van der Waals surface area (Å²) in [6.45, 7) is 2.74. The van der Waals surface area contributed by atoms with Gasteiger partial charge in [-0.25, -0.2) is 4.98 Å². The average molecular weight is 244 g/mol. The fourth-order valence-corrected chi connectivity index (χ4v) is 1.86. The van der Waals surface area contributed by atoms with E-state index in [9.17, 15) is 4.79 Å². The molecule has 1 aromatic carbocycles. The molecule has 4 heteroatoms. The maximum atomic E-state index is 12.1. The summed E-state index contributed by atoms with van der Waals surface area (Å²) in [4.78, 5) is 16.2. The second-order valence-corrected chi connectivity index (χ2v) is 3.99. The number of benzene rings is 1. The molecule has 0 aliphatic carbocycles. The largest absolute Gasteiger partial charge is 0.497 e. The molecule has 0 spiro atoms. The van der Waals surface area contributed by atoms with Crippen LogP contribution in [-0.4, -0.2) is 22.4 Å². The van der Waals surface area contributed by atoms with Gasteiger partial charge in [0, 0.05) is 25.4 Å². The van der Waals surface area contributed by atoms with Gasteiger partial charge in [-0.2, -0.15) is 0 Å². The quantitative estimate of drug-likeness (QED) is 0.758. The van der Waals surface area contributed by atoms with Crippen molar-refractivity contribution in [3.05, 3.63) is 48.0 Å². The van der Waals surface area contributed by atoms with Crippen LogP contribution in [0.2, 0.25) is 0 Å². The van der Waals surface area contributed by atoms with Crippen LogP contribution in [0.1, 0.15) is 23.1 Å². The highest BCUT2D eigenvalue weighted by molar-refractivity contribution is 5.94. The minimum Gasteiger partial charge on any atom is -0.497 e. The molecule has 94 valence electrons. The smallest absolute Gasteiger partial charge is 0.202 e. The Balaban J connectivity index is 2.16. The lowest BCUT2D eigenvalue weighted by Gasteiger charge is -2.05. The summed E-state index contributed by atoms with van der Waals surface area (Å²) in [6, 6.07) is 7.53. The topological polar surface area (TPSA) is 44.1 Å². The molecule has 0 atom stereocenters. The third kappa shape index (κ3) is 2.59. The number of Topliss-reactive ketones (excluding diaryl/α,β-unsaturated/α-hetero) is 1. The van der Waals surface area contributed by atoms with Gasteiger partial charge in [-0.05, 0) is 24.6 Å².